The van der Waals surface area contributed by atoms with Gasteiger partial charge in [-0.3, -0.25) is 9.59 Å². The van der Waals surface area contributed by atoms with Gasteiger partial charge in [-0.1, -0.05) is 56.7 Å². The van der Waals surface area contributed by atoms with E-state index in [1.165, 1.54) is 6.92 Å². The van der Waals surface area contributed by atoms with E-state index in [0.717, 1.165) is 10.4 Å². The summed E-state index contributed by atoms with van der Waals surface area (Å²) in [7, 11) is 0. The molecule has 1 aromatic carbocycles. The summed E-state index contributed by atoms with van der Waals surface area (Å²) >= 11 is 0. The van der Waals surface area contributed by atoms with Gasteiger partial charge in [-0.05, 0) is 38.8 Å². The van der Waals surface area contributed by atoms with Crippen LogP contribution in [0.1, 0.15) is 51.5 Å². The van der Waals surface area contributed by atoms with Gasteiger partial charge in [-0.15, -0.1) is 0 Å². The average molecular weight is 524 g/mol. The van der Waals surface area contributed by atoms with Gasteiger partial charge in [0.25, 0.3) is 5.91 Å². The van der Waals surface area contributed by atoms with E-state index in [0.29, 0.717) is 18.7 Å². The third kappa shape index (κ3) is 5.45. The SMILES string of the molecule is CC(C)C[C@H](NC(=O)[C@@H](NC(=O)c1cccc(-c2ccccc2)n1)[C@@H](C)O)[B-]12OC[C@@H](C)[NH+]1[C@H](C)C(=O)O2. The Balaban J connectivity index is 1.54. The second-order valence-corrected chi connectivity index (χ2v) is 10.9. The number of aromatic nitrogens is 1. The molecule has 0 aliphatic carbocycles. The van der Waals surface area contributed by atoms with Crippen LogP contribution >= 0.6 is 0 Å². The lowest BCUT2D eigenvalue weighted by Crippen LogP contribution is -3.26. The highest BCUT2D eigenvalue weighted by Gasteiger charge is 2.65. The van der Waals surface area contributed by atoms with Crippen LogP contribution in [-0.4, -0.2) is 71.3 Å². The highest BCUT2D eigenvalue weighted by atomic mass is 16.7. The van der Waals surface area contributed by atoms with Crippen molar-refractivity contribution in [2.75, 3.05) is 6.61 Å². The van der Waals surface area contributed by atoms with E-state index in [4.69, 9.17) is 9.31 Å². The van der Waals surface area contributed by atoms with Gasteiger partial charge in [0.2, 0.25) is 5.91 Å². The summed E-state index contributed by atoms with van der Waals surface area (Å²) in [5, 5.41) is 16.1. The minimum atomic E-state index is -2.21. The minimum absolute atomic E-state index is 0.0123. The van der Waals surface area contributed by atoms with Crippen molar-refractivity contribution in [2.45, 2.75) is 71.2 Å². The number of hydrogen-bond acceptors (Lipinski definition) is 7. The van der Waals surface area contributed by atoms with Crippen molar-refractivity contribution in [3.05, 3.63) is 54.2 Å². The maximum Gasteiger partial charge on any atom is 0.548 e. The Morgan fingerprint density at radius 2 is 1.82 bits per heavy atom. The van der Waals surface area contributed by atoms with Crippen molar-refractivity contribution in [3.63, 3.8) is 0 Å². The molecule has 11 heteroatoms. The largest absolute Gasteiger partial charge is 0.609 e. The minimum Gasteiger partial charge on any atom is -0.609 e. The van der Waals surface area contributed by atoms with Gasteiger partial charge in [-0.2, -0.15) is 0 Å². The maximum absolute atomic E-state index is 13.5. The molecule has 0 radical (unpaired) electrons. The van der Waals surface area contributed by atoms with Crippen LogP contribution in [0, 0.1) is 5.92 Å². The Labute approximate surface area is 223 Å². The monoisotopic (exact) mass is 524 g/mol. The fourth-order valence-corrected chi connectivity index (χ4v) is 5.67. The zero-order valence-corrected chi connectivity index (χ0v) is 22.5. The van der Waals surface area contributed by atoms with E-state index in [-0.39, 0.29) is 23.6 Å². The Morgan fingerprint density at radius 1 is 1.11 bits per heavy atom. The number of hydrogen-bond donors (Lipinski definition) is 4. The van der Waals surface area contributed by atoms with E-state index in [2.05, 4.69) is 15.6 Å². The summed E-state index contributed by atoms with van der Waals surface area (Å²) in [5.41, 5.74) is 1.58. The van der Waals surface area contributed by atoms with Gasteiger partial charge >= 0.3 is 12.7 Å². The molecule has 4 rings (SSSR count). The summed E-state index contributed by atoms with van der Waals surface area (Å²) < 4.78 is 12.0. The first-order valence-electron chi connectivity index (χ1n) is 13.2. The van der Waals surface area contributed by atoms with Crippen molar-refractivity contribution < 1.29 is 33.6 Å². The lowest BCUT2D eigenvalue weighted by molar-refractivity contribution is -0.831. The van der Waals surface area contributed by atoms with Crippen LogP contribution in [0.3, 0.4) is 0 Å². The molecule has 2 aliphatic rings. The topological polar surface area (TPSA) is 131 Å². The number of carbonyl (C=O) groups is 3. The quantitative estimate of drug-likeness (QED) is 0.351. The zero-order chi connectivity index (χ0) is 27.6. The summed E-state index contributed by atoms with van der Waals surface area (Å²) in [4.78, 5) is 44.5. The van der Waals surface area contributed by atoms with Gasteiger partial charge in [0.05, 0.1) is 24.4 Å². The highest BCUT2D eigenvalue weighted by Crippen LogP contribution is 2.24. The summed E-state index contributed by atoms with van der Waals surface area (Å²) in [6, 6.07) is 12.8. The van der Waals surface area contributed by atoms with E-state index < -0.39 is 42.6 Å². The number of nitrogens with one attached hydrogen (secondary N) is 3. The second-order valence-electron chi connectivity index (χ2n) is 10.9. The molecule has 1 aromatic heterocycles. The molecule has 10 nitrogen and oxygen atoms in total. The molecular formula is C27H37BN4O6. The van der Waals surface area contributed by atoms with Gasteiger partial charge in [0.15, 0.2) is 0 Å². The Kier molecular flexibility index (Phi) is 8.20. The number of aliphatic hydroxyl groups excluding tert-OH is 1. The van der Waals surface area contributed by atoms with Crippen LogP contribution in [0.15, 0.2) is 48.5 Å². The van der Waals surface area contributed by atoms with Crippen molar-refractivity contribution in [1.29, 1.82) is 0 Å². The third-order valence-corrected chi connectivity index (χ3v) is 7.46. The number of fused-ring (bicyclic) bond motifs is 1. The summed E-state index contributed by atoms with van der Waals surface area (Å²) in [6.45, 7) is 7.42. The summed E-state index contributed by atoms with van der Waals surface area (Å²) in [5.74, 6) is -2.02. The van der Waals surface area contributed by atoms with Gasteiger partial charge in [0, 0.05) is 11.5 Å². The maximum atomic E-state index is 13.5. The van der Waals surface area contributed by atoms with Gasteiger partial charge < -0.3 is 29.9 Å². The standard InChI is InChI=1S/C27H37BN4O6/c1-16(2)14-23(28-32(17(3)15-37-28)18(4)27(36)38-28)30-26(35)24(19(5)33)31-25(34)22-13-9-12-21(29-22)20-10-7-6-8-11-20/h6-13,16-19,23-24,32-33H,14-15H2,1-5H3,(H,30,35)(H,31,34)/t17-,18-,19-,23+,24+,28?/m1/s1. The Hall–Kier alpha value is -3.28. The van der Waals surface area contributed by atoms with Crippen LogP contribution in [0.5, 0.6) is 0 Å². The lowest BCUT2D eigenvalue weighted by atomic mass is 9.59. The Bertz CT molecular complexity index is 1180. The Morgan fingerprint density at radius 3 is 2.47 bits per heavy atom. The summed E-state index contributed by atoms with van der Waals surface area (Å²) in [6.07, 6.45) is -0.707. The zero-order valence-electron chi connectivity index (χ0n) is 22.5. The molecule has 2 aliphatic heterocycles. The van der Waals surface area contributed by atoms with Crippen LogP contribution in [0.25, 0.3) is 11.3 Å². The van der Waals surface area contributed by atoms with Crippen LogP contribution < -0.4 is 15.4 Å². The number of quaternary nitrogens is 1. The van der Waals surface area contributed by atoms with Crippen LogP contribution in [0.2, 0.25) is 0 Å². The molecule has 7 atom stereocenters. The molecule has 0 saturated carbocycles. The molecule has 38 heavy (non-hydrogen) atoms. The predicted octanol–water partition coefficient (Wildman–Crippen LogP) is 0.486. The smallest absolute Gasteiger partial charge is 0.548 e. The van der Waals surface area contributed by atoms with E-state index in [1.54, 1.807) is 25.1 Å². The first kappa shape index (κ1) is 27.8. The number of carbonyl (C=O) groups excluding carboxylic acids is 3. The average Bonchev–Trinajstić information content (AvgIpc) is 3.35. The normalized spacial score (nSPS) is 26.8. The number of amides is 2. The second kappa shape index (κ2) is 11.2. The predicted molar refractivity (Wildman–Crippen MR) is 142 cm³/mol. The first-order chi connectivity index (χ1) is 18.0. The third-order valence-electron chi connectivity index (χ3n) is 7.46. The van der Waals surface area contributed by atoms with Crippen LogP contribution in [0.4, 0.5) is 0 Å². The van der Waals surface area contributed by atoms with Crippen molar-refractivity contribution in [3.8, 4) is 11.3 Å². The van der Waals surface area contributed by atoms with Gasteiger partial charge in [-0.25, -0.2) is 9.78 Å². The number of pyridine rings is 1. The molecule has 0 spiro atoms. The molecule has 2 unspecified atom stereocenters. The number of rotatable bonds is 9. The molecule has 3 heterocycles. The number of aliphatic hydroxyl groups is 1. The molecule has 2 aromatic rings. The molecule has 2 fully saturated rings. The fraction of sp³-hybridized carbons (Fsp3) is 0.481. The molecule has 204 valence electrons. The number of nitrogens with zero attached hydrogens (tertiary/aromatic N) is 1. The van der Waals surface area contributed by atoms with Crippen LogP contribution in [-0.2, 0) is 18.9 Å². The van der Waals surface area contributed by atoms with Crippen molar-refractivity contribution in [2.24, 2.45) is 5.92 Å². The number of benzene rings is 1. The molecule has 2 amide bonds. The fourth-order valence-electron chi connectivity index (χ4n) is 5.67. The lowest BCUT2D eigenvalue weighted by Gasteiger charge is -2.41. The molecular weight excluding hydrogens is 487 g/mol. The van der Waals surface area contributed by atoms with E-state index in [1.807, 2.05) is 51.1 Å². The molecule has 4 N–H and O–H groups in total. The highest BCUT2D eigenvalue weighted by molar-refractivity contribution is 6.64. The van der Waals surface area contributed by atoms with Gasteiger partial charge in [0.1, 0.15) is 17.8 Å². The van der Waals surface area contributed by atoms with E-state index >= 15 is 0 Å². The van der Waals surface area contributed by atoms with Crippen molar-refractivity contribution >= 4 is 24.5 Å². The molecule has 2 saturated heterocycles. The first-order valence-corrected chi connectivity index (χ1v) is 13.2. The molecule has 0 bridgehead atoms. The van der Waals surface area contributed by atoms with Crippen molar-refractivity contribution in [1.82, 2.24) is 15.6 Å². The van der Waals surface area contributed by atoms with E-state index in [9.17, 15) is 19.5 Å².